The molecule has 0 unspecified atom stereocenters. The number of likely N-dealkylation sites (tertiary alicyclic amines) is 1. The third kappa shape index (κ3) is 3.38. The highest BCUT2D eigenvalue weighted by molar-refractivity contribution is 5.77. The van der Waals surface area contributed by atoms with Crippen molar-refractivity contribution in [3.05, 3.63) is 71.3 Å². The summed E-state index contributed by atoms with van der Waals surface area (Å²) in [5.74, 6) is 0.284. The molecule has 0 saturated carbocycles. The maximum Gasteiger partial charge on any atom is 0.223 e. The maximum atomic E-state index is 12.6. The van der Waals surface area contributed by atoms with Crippen LogP contribution in [0.25, 0.3) is 0 Å². The van der Waals surface area contributed by atoms with Gasteiger partial charge in [-0.1, -0.05) is 60.2 Å². The fourth-order valence-corrected chi connectivity index (χ4v) is 3.24. The van der Waals surface area contributed by atoms with E-state index < -0.39 is 0 Å². The van der Waals surface area contributed by atoms with Crippen LogP contribution in [0.4, 0.5) is 0 Å². The van der Waals surface area contributed by atoms with Crippen LogP contribution in [0, 0.1) is 6.92 Å². The summed E-state index contributed by atoms with van der Waals surface area (Å²) in [6, 6.07) is 19.1. The van der Waals surface area contributed by atoms with Gasteiger partial charge in [-0.15, -0.1) is 0 Å². The van der Waals surface area contributed by atoms with Gasteiger partial charge in [0.1, 0.15) is 0 Å². The molecule has 2 aromatic rings. The van der Waals surface area contributed by atoms with Gasteiger partial charge in [-0.05, 0) is 37.3 Å². The number of carbonyl (C=O) groups excluding carboxylic acids is 1. The van der Waals surface area contributed by atoms with Gasteiger partial charge in [0.2, 0.25) is 5.91 Å². The Labute approximate surface area is 132 Å². The van der Waals surface area contributed by atoms with Crippen molar-refractivity contribution >= 4 is 5.91 Å². The SMILES string of the molecule is Cc1ccc([C@H]2CCCN2C(=O)CCc2ccccc2)cc1. The van der Waals surface area contributed by atoms with Crippen molar-refractivity contribution in [1.29, 1.82) is 0 Å². The summed E-state index contributed by atoms with van der Waals surface area (Å²) in [6.45, 7) is 2.99. The van der Waals surface area contributed by atoms with Crippen LogP contribution in [0.15, 0.2) is 54.6 Å². The molecule has 0 aliphatic carbocycles. The summed E-state index contributed by atoms with van der Waals surface area (Å²) in [5.41, 5.74) is 3.78. The Hall–Kier alpha value is -2.09. The van der Waals surface area contributed by atoms with Crippen LogP contribution in [0.5, 0.6) is 0 Å². The largest absolute Gasteiger partial charge is 0.336 e. The molecule has 2 heteroatoms. The molecule has 0 aromatic heterocycles. The minimum absolute atomic E-state index is 0.267. The highest BCUT2D eigenvalue weighted by Crippen LogP contribution is 2.32. The van der Waals surface area contributed by atoms with Gasteiger partial charge in [0, 0.05) is 13.0 Å². The molecule has 2 nitrogen and oxygen atoms in total. The molecule has 114 valence electrons. The zero-order valence-electron chi connectivity index (χ0n) is 13.2. The van der Waals surface area contributed by atoms with Crippen LogP contribution in [0.3, 0.4) is 0 Å². The summed E-state index contributed by atoms with van der Waals surface area (Å²) in [5, 5.41) is 0. The molecule has 1 atom stereocenters. The second-order valence-corrected chi connectivity index (χ2v) is 6.14. The number of hydrogen-bond donors (Lipinski definition) is 0. The van der Waals surface area contributed by atoms with Gasteiger partial charge in [-0.3, -0.25) is 4.79 Å². The Balaban J connectivity index is 1.65. The molecule has 2 aromatic carbocycles. The van der Waals surface area contributed by atoms with E-state index in [9.17, 15) is 4.79 Å². The minimum Gasteiger partial charge on any atom is -0.336 e. The molecule has 1 amide bonds. The standard InChI is InChI=1S/C20H23NO/c1-16-9-12-18(13-10-16)19-8-5-15-21(19)20(22)14-11-17-6-3-2-4-7-17/h2-4,6-7,9-10,12-13,19H,5,8,11,14-15H2,1H3/t19-/m1/s1. The Morgan fingerprint density at radius 3 is 2.55 bits per heavy atom. The number of aryl methyl sites for hydroxylation is 2. The van der Waals surface area contributed by atoms with E-state index in [2.05, 4.69) is 48.2 Å². The Morgan fingerprint density at radius 1 is 1.09 bits per heavy atom. The quantitative estimate of drug-likeness (QED) is 0.823. The molecule has 0 bridgehead atoms. The van der Waals surface area contributed by atoms with Crippen LogP contribution in [-0.4, -0.2) is 17.4 Å². The van der Waals surface area contributed by atoms with Crippen molar-refractivity contribution in [1.82, 2.24) is 4.90 Å². The molecule has 0 spiro atoms. The molecular formula is C20H23NO. The van der Waals surface area contributed by atoms with Crippen molar-refractivity contribution in [2.75, 3.05) is 6.54 Å². The molecule has 1 fully saturated rings. The summed E-state index contributed by atoms with van der Waals surface area (Å²) < 4.78 is 0. The highest BCUT2D eigenvalue weighted by atomic mass is 16.2. The molecule has 1 aliphatic heterocycles. The summed E-state index contributed by atoms with van der Waals surface area (Å²) >= 11 is 0. The van der Waals surface area contributed by atoms with Gasteiger partial charge in [0.25, 0.3) is 0 Å². The minimum atomic E-state index is 0.267. The Bertz CT molecular complexity index is 618. The van der Waals surface area contributed by atoms with Crippen LogP contribution in [0.2, 0.25) is 0 Å². The highest BCUT2D eigenvalue weighted by Gasteiger charge is 2.29. The average Bonchev–Trinajstić information content (AvgIpc) is 3.04. The van der Waals surface area contributed by atoms with E-state index in [0.717, 1.165) is 25.8 Å². The Kier molecular flexibility index (Phi) is 4.57. The van der Waals surface area contributed by atoms with E-state index in [1.165, 1.54) is 16.7 Å². The predicted molar refractivity (Wildman–Crippen MR) is 89.6 cm³/mol. The van der Waals surface area contributed by atoms with Crippen molar-refractivity contribution < 1.29 is 4.79 Å². The van der Waals surface area contributed by atoms with Gasteiger partial charge in [-0.2, -0.15) is 0 Å². The zero-order valence-corrected chi connectivity index (χ0v) is 13.2. The first-order valence-corrected chi connectivity index (χ1v) is 8.14. The van der Waals surface area contributed by atoms with Crippen LogP contribution < -0.4 is 0 Å². The number of benzene rings is 2. The predicted octanol–water partition coefficient (Wildman–Crippen LogP) is 4.29. The second kappa shape index (κ2) is 6.78. The van der Waals surface area contributed by atoms with Gasteiger partial charge < -0.3 is 4.90 Å². The van der Waals surface area contributed by atoms with E-state index in [1.54, 1.807) is 0 Å². The van der Waals surface area contributed by atoms with Crippen LogP contribution in [-0.2, 0) is 11.2 Å². The van der Waals surface area contributed by atoms with Gasteiger partial charge in [-0.25, -0.2) is 0 Å². The number of amides is 1. The van der Waals surface area contributed by atoms with Crippen LogP contribution in [0.1, 0.15) is 42.0 Å². The molecule has 1 heterocycles. The summed E-state index contributed by atoms with van der Waals surface area (Å²) in [6.07, 6.45) is 3.62. The van der Waals surface area contributed by atoms with E-state index in [4.69, 9.17) is 0 Å². The lowest BCUT2D eigenvalue weighted by atomic mass is 10.0. The lowest BCUT2D eigenvalue weighted by Gasteiger charge is -2.25. The molecule has 0 N–H and O–H groups in total. The summed E-state index contributed by atoms with van der Waals surface area (Å²) in [7, 11) is 0. The third-order valence-electron chi connectivity index (χ3n) is 4.51. The lowest BCUT2D eigenvalue weighted by molar-refractivity contribution is -0.132. The first-order chi connectivity index (χ1) is 10.7. The van der Waals surface area contributed by atoms with E-state index >= 15 is 0 Å². The topological polar surface area (TPSA) is 20.3 Å². The Morgan fingerprint density at radius 2 is 1.82 bits per heavy atom. The van der Waals surface area contributed by atoms with Crippen molar-refractivity contribution in [3.8, 4) is 0 Å². The van der Waals surface area contributed by atoms with Gasteiger partial charge in [0.05, 0.1) is 6.04 Å². The molecule has 1 saturated heterocycles. The van der Waals surface area contributed by atoms with Crippen LogP contribution >= 0.6 is 0 Å². The van der Waals surface area contributed by atoms with Crippen molar-refractivity contribution in [2.24, 2.45) is 0 Å². The molecule has 22 heavy (non-hydrogen) atoms. The maximum absolute atomic E-state index is 12.6. The summed E-state index contributed by atoms with van der Waals surface area (Å²) in [4.78, 5) is 14.7. The second-order valence-electron chi connectivity index (χ2n) is 6.14. The molecular weight excluding hydrogens is 270 g/mol. The first-order valence-electron chi connectivity index (χ1n) is 8.14. The monoisotopic (exact) mass is 293 g/mol. The number of carbonyl (C=O) groups is 1. The average molecular weight is 293 g/mol. The fraction of sp³-hybridized carbons (Fsp3) is 0.350. The molecule has 3 rings (SSSR count). The van der Waals surface area contributed by atoms with Gasteiger partial charge >= 0.3 is 0 Å². The number of nitrogens with zero attached hydrogens (tertiary/aromatic N) is 1. The normalized spacial score (nSPS) is 17.7. The smallest absolute Gasteiger partial charge is 0.223 e. The number of rotatable bonds is 4. The van der Waals surface area contributed by atoms with Crippen molar-refractivity contribution in [3.63, 3.8) is 0 Å². The molecule has 1 aliphatic rings. The van der Waals surface area contributed by atoms with E-state index in [-0.39, 0.29) is 11.9 Å². The van der Waals surface area contributed by atoms with Gasteiger partial charge in [0.15, 0.2) is 0 Å². The first kappa shape index (κ1) is 14.8. The zero-order chi connectivity index (χ0) is 15.4. The van der Waals surface area contributed by atoms with E-state index in [1.807, 2.05) is 18.2 Å². The lowest BCUT2D eigenvalue weighted by Crippen LogP contribution is -2.30. The third-order valence-corrected chi connectivity index (χ3v) is 4.51. The molecule has 0 radical (unpaired) electrons. The fourth-order valence-electron chi connectivity index (χ4n) is 3.24. The van der Waals surface area contributed by atoms with Crippen molar-refractivity contribution in [2.45, 2.75) is 38.6 Å². The number of hydrogen-bond acceptors (Lipinski definition) is 1. The van der Waals surface area contributed by atoms with E-state index in [0.29, 0.717) is 6.42 Å².